The Morgan fingerprint density at radius 3 is 1.40 bits per heavy atom. The number of nitrogens with zero attached hydrogens (tertiary/aromatic N) is 4. The van der Waals surface area contributed by atoms with Crippen molar-refractivity contribution in [2.45, 2.75) is 50.6 Å². The molecule has 10 nitrogen and oxygen atoms in total. The molecule has 244 valence electrons. The standard InChI is InChI=1S/C38H38N6O4/c45-35(25-31-7-1-3-21-39-31)43-23-5-9-33(43)37(47)41-29-17-13-27(14-18-29)11-12-28-15-19-30(20-16-28)42-38(48)34-10-6-24-44(34)36(46)26-32-8-2-4-22-40-32/h1-4,7-8,11-22,33-34H,5-6,9-10,23-26H2,(H,41,47)(H,42,48)/b12-11+/t33-,34-/m1/s1. The molecule has 2 saturated heterocycles. The lowest BCUT2D eigenvalue weighted by atomic mass is 10.1. The number of hydrogen-bond donors (Lipinski definition) is 2. The number of anilines is 2. The molecule has 4 aromatic rings. The van der Waals surface area contributed by atoms with Crippen LogP contribution in [0.3, 0.4) is 0 Å². The van der Waals surface area contributed by atoms with Gasteiger partial charge >= 0.3 is 0 Å². The van der Waals surface area contributed by atoms with Gasteiger partial charge in [-0.05, 0) is 85.3 Å². The molecule has 0 bridgehead atoms. The third-order valence-electron chi connectivity index (χ3n) is 8.69. The molecule has 0 aliphatic carbocycles. The van der Waals surface area contributed by atoms with E-state index in [1.165, 1.54) is 0 Å². The zero-order chi connectivity index (χ0) is 33.3. The number of rotatable bonds is 10. The quantitative estimate of drug-likeness (QED) is 0.235. The first kappa shape index (κ1) is 32.3. The molecule has 0 unspecified atom stereocenters. The first-order valence-corrected chi connectivity index (χ1v) is 16.3. The first-order valence-electron chi connectivity index (χ1n) is 16.3. The summed E-state index contributed by atoms with van der Waals surface area (Å²) >= 11 is 0. The number of carbonyl (C=O) groups excluding carboxylic acids is 4. The summed E-state index contributed by atoms with van der Waals surface area (Å²) in [7, 11) is 0. The van der Waals surface area contributed by atoms with E-state index in [-0.39, 0.29) is 36.5 Å². The van der Waals surface area contributed by atoms with E-state index in [1.807, 2.05) is 97.1 Å². The molecule has 4 heterocycles. The molecule has 48 heavy (non-hydrogen) atoms. The summed E-state index contributed by atoms with van der Waals surface area (Å²) in [4.78, 5) is 63.7. The summed E-state index contributed by atoms with van der Waals surface area (Å²) in [5.74, 6) is -0.554. The molecule has 2 N–H and O–H groups in total. The molecule has 2 aromatic carbocycles. The van der Waals surface area contributed by atoms with Crippen LogP contribution in [0.4, 0.5) is 11.4 Å². The lowest BCUT2D eigenvalue weighted by Gasteiger charge is -2.24. The van der Waals surface area contributed by atoms with Gasteiger partial charge in [-0.25, -0.2) is 0 Å². The third kappa shape index (κ3) is 8.19. The summed E-state index contributed by atoms with van der Waals surface area (Å²) in [5, 5.41) is 5.93. The lowest BCUT2D eigenvalue weighted by Crippen LogP contribution is -2.43. The number of nitrogens with one attached hydrogen (secondary N) is 2. The maximum absolute atomic E-state index is 13.1. The molecule has 2 aromatic heterocycles. The first-order chi connectivity index (χ1) is 23.4. The van der Waals surface area contributed by atoms with Crippen molar-refractivity contribution in [2.75, 3.05) is 23.7 Å². The van der Waals surface area contributed by atoms with Gasteiger partial charge < -0.3 is 20.4 Å². The molecule has 2 atom stereocenters. The van der Waals surface area contributed by atoms with Crippen LogP contribution in [-0.4, -0.2) is 68.6 Å². The van der Waals surface area contributed by atoms with E-state index >= 15 is 0 Å². The van der Waals surface area contributed by atoms with E-state index in [0.717, 1.165) is 24.0 Å². The largest absolute Gasteiger partial charge is 0.330 e. The molecular formula is C38H38N6O4. The van der Waals surface area contributed by atoms with Gasteiger partial charge in [0.2, 0.25) is 23.6 Å². The van der Waals surface area contributed by atoms with E-state index in [9.17, 15) is 19.2 Å². The Kier molecular flexibility index (Phi) is 10.3. The van der Waals surface area contributed by atoms with Crippen molar-refractivity contribution in [3.8, 4) is 0 Å². The minimum Gasteiger partial charge on any atom is -0.330 e. The minimum atomic E-state index is -0.495. The van der Waals surface area contributed by atoms with Gasteiger partial charge in [-0.1, -0.05) is 48.6 Å². The fourth-order valence-electron chi connectivity index (χ4n) is 6.19. The van der Waals surface area contributed by atoms with Crippen LogP contribution in [0.2, 0.25) is 0 Å². The van der Waals surface area contributed by atoms with E-state index in [1.54, 1.807) is 22.2 Å². The van der Waals surface area contributed by atoms with Crippen LogP contribution in [0.1, 0.15) is 48.2 Å². The molecule has 2 fully saturated rings. The molecule has 0 saturated carbocycles. The number of hydrogen-bond acceptors (Lipinski definition) is 6. The number of benzene rings is 2. The predicted octanol–water partition coefficient (Wildman–Crippen LogP) is 4.99. The highest BCUT2D eigenvalue weighted by Gasteiger charge is 2.35. The number of aromatic nitrogens is 2. The number of amides is 4. The Labute approximate surface area is 279 Å². The second kappa shape index (κ2) is 15.3. The van der Waals surface area contributed by atoms with Gasteiger partial charge in [0.15, 0.2) is 0 Å². The maximum atomic E-state index is 13.1. The minimum absolute atomic E-state index is 0.0910. The summed E-state index contributed by atoms with van der Waals surface area (Å²) < 4.78 is 0. The summed E-state index contributed by atoms with van der Waals surface area (Å²) in [5.41, 5.74) is 4.63. The Hall–Kier alpha value is -5.64. The van der Waals surface area contributed by atoms with Crippen molar-refractivity contribution in [2.24, 2.45) is 0 Å². The highest BCUT2D eigenvalue weighted by atomic mass is 16.2. The Morgan fingerprint density at radius 2 is 1.02 bits per heavy atom. The SMILES string of the molecule is O=C(Nc1ccc(/C=C/c2ccc(NC(=O)[C@H]3CCCN3C(=O)Cc3ccccn3)cc2)cc1)[C@H]1CCCN1C(=O)Cc1ccccn1. The van der Waals surface area contributed by atoms with Crippen LogP contribution >= 0.6 is 0 Å². The molecule has 0 radical (unpaired) electrons. The van der Waals surface area contributed by atoms with Gasteiger partial charge in [0, 0.05) is 48.2 Å². The molecule has 6 rings (SSSR count). The van der Waals surface area contributed by atoms with Crippen LogP contribution in [0.15, 0.2) is 97.3 Å². The van der Waals surface area contributed by atoms with Crippen molar-refractivity contribution in [1.29, 1.82) is 0 Å². The predicted molar refractivity (Wildman–Crippen MR) is 184 cm³/mol. The third-order valence-corrected chi connectivity index (χ3v) is 8.69. The number of likely N-dealkylation sites (tertiary alicyclic amines) is 2. The van der Waals surface area contributed by atoms with Gasteiger partial charge in [-0.15, -0.1) is 0 Å². The van der Waals surface area contributed by atoms with Gasteiger partial charge in [0.25, 0.3) is 0 Å². The Bertz CT molecular complexity index is 1630. The molecule has 2 aliphatic rings. The molecule has 10 heteroatoms. The average molecular weight is 643 g/mol. The van der Waals surface area contributed by atoms with Crippen LogP contribution < -0.4 is 10.6 Å². The van der Waals surface area contributed by atoms with Gasteiger partial charge in [0.1, 0.15) is 12.1 Å². The Morgan fingerprint density at radius 1 is 0.604 bits per heavy atom. The highest BCUT2D eigenvalue weighted by molar-refractivity contribution is 5.98. The fourth-order valence-corrected chi connectivity index (χ4v) is 6.19. The van der Waals surface area contributed by atoms with E-state index in [4.69, 9.17) is 0 Å². The average Bonchev–Trinajstić information content (AvgIpc) is 3.81. The summed E-state index contributed by atoms with van der Waals surface area (Å²) in [6, 6.07) is 25.0. The second-order valence-corrected chi connectivity index (χ2v) is 12.0. The van der Waals surface area contributed by atoms with Crippen molar-refractivity contribution >= 4 is 47.2 Å². The van der Waals surface area contributed by atoms with Crippen molar-refractivity contribution in [3.63, 3.8) is 0 Å². The van der Waals surface area contributed by atoms with Crippen molar-refractivity contribution in [1.82, 2.24) is 19.8 Å². The van der Waals surface area contributed by atoms with Crippen LogP contribution in [-0.2, 0) is 32.0 Å². The highest BCUT2D eigenvalue weighted by Crippen LogP contribution is 2.23. The summed E-state index contributed by atoms with van der Waals surface area (Å²) in [6.45, 7) is 1.13. The zero-order valence-corrected chi connectivity index (χ0v) is 26.6. The zero-order valence-electron chi connectivity index (χ0n) is 26.6. The lowest BCUT2D eigenvalue weighted by molar-refractivity contribution is -0.136. The van der Waals surface area contributed by atoms with Gasteiger partial charge in [-0.2, -0.15) is 0 Å². The molecular weight excluding hydrogens is 604 g/mol. The normalized spacial score (nSPS) is 17.4. The fraction of sp³-hybridized carbons (Fsp3) is 0.263. The van der Waals surface area contributed by atoms with Gasteiger partial charge in [0.05, 0.1) is 12.8 Å². The van der Waals surface area contributed by atoms with E-state index < -0.39 is 12.1 Å². The van der Waals surface area contributed by atoms with E-state index in [0.29, 0.717) is 48.7 Å². The number of carbonyl (C=O) groups is 4. The van der Waals surface area contributed by atoms with Crippen LogP contribution in [0.5, 0.6) is 0 Å². The van der Waals surface area contributed by atoms with E-state index in [2.05, 4.69) is 20.6 Å². The monoisotopic (exact) mass is 642 g/mol. The maximum Gasteiger partial charge on any atom is 0.247 e. The smallest absolute Gasteiger partial charge is 0.247 e. The van der Waals surface area contributed by atoms with Gasteiger partial charge in [-0.3, -0.25) is 29.1 Å². The van der Waals surface area contributed by atoms with Crippen LogP contribution in [0, 0.1) is 0 Å². The molecule has 4 amide bonds. The topological polar surface area (TPSA) is 125 Å². The van der Waals surface area contributed by atoms with Crippen molar-refractivity contribution < 1.29 is 19.2 Å². The van der Waals surface area contributed by atoms with Crippen LogP contribution in [0.25, 0.3) is 12.2 Å². The molecule has 0 spiro atoms. The second-order valence-electron chi connectivity index (χ2n) is 12.0. The number of pyridine rings is 2. The summed E-state index contributed by atoms with van der Waals surface area (Å²) in [6.07, 6.45) is 10.5. The molecule has 2 aliphatic heterocycles. The Balaban J connectivity index is 0.985. The van der Waals surface area contributed by atoms with Crippen molar-refractivity contribution in [3.05, 3.63) is 120 Å².